The first-order valence-electron chi connectivity index (χ1n) is 10.8. The predicted octanol–water partition coefficient (Wildman–Crippen LogP) is 1.45. The smallest absolute Gasteiger partial charge is 0.341 e. The highest BCUT2D eigenvalue weighted by molar-refractivity contribution is 5.94. The SMILES string of the molecule is Cn1c(=O)c2c(ncn2CCOC(=O)c2ccccc2OCC(=O)Nc2ccccc2F)n(C)c1=O. The van der Waals surface area contributed by atoms with Gasteiger partial charge in [-0.2, -0.15) is 0 Å². The van der Waals surface area contributed by atoms with E-state index in [1.54, 1.807) is 18.2 Å². The fourth-order valence-electron chi connectivity index (χ4n) is 3.53. The second kappa shape index (κ2) is 10.3. The van der Waals surface area contributed by atoms with Gasteiger partial charge in [0.2, 0.25) is 0 Å². The van der Waals surface area contributed by atoms with Gasteiger partial charge in [0.05, 0.1) is 18.6 Å². The zero-order valence-electron chi connectivity index (χ0n) is 19.4. The topological polar surface area (TPSA) is 126 Å². The number of nitrogens with zero attached hydrogens (tertiary/aromatic N) is 4. The molecule has 186 valence electrons. The lowest BCUT2D eigenvalue weighted by Crippen LogP contribution is -2.37. The summed E-state index contributed by atoms with van der Waals surface area (Å²) < 4.78 is 28.3. The highest BCUT2D eigenvalue weighted by atomic mass is 19.1. The van der Waals surface area contributed by atoms with Crippen molar-refractivity contribution >= 4 is 28.7 Å². The summed E-state index contributed by atoms with van der Waals surface area (Å²) in [6.07, 6.45) is 1.39. The number of amides is 1. The van der Waals surface area contributed by atoms with Crippen molar-refractivity contribution in [2.45, 2.75) is 6.54 Å². The summed E-state index contributed by atoms with van der Waals surface area (Å²) in [5.41, 5.74) is -0.472. The lowest BCUT2D eigenvalue weighted by Gasteiger charge is -2.12. The summed E-state index contributed by atoms with van der Waals surface area (Å²) in [6.45, 7) is -0.441. The van der Waals surface area contributed by atoms with Crippen LogP contribution in [0.25, 0.3) is 11.2 Å². The number of anilines is 1. The number of aromatic nitrogens is 4. The van der Waals surface area contributed by atoms with Crippen molar-refractivity contribution in [1.82, 2.24) is 18.7 Å². The highest BCUT2D eigenvalue weighted by Crippen LogP contribution is 2.19. The van der Waals surface area contributed by atoms with E-state index >= 15 is 0 Å². The Morgan fingerprint density at radius 1 is 1.03 bits per heavy atom. The lowest BCUT2D eigenvalue weighted by atomic mass is 10.2. The van der Waals surface area contributed by atoms with Gasteiger partial charge in [-0.25, -0.2) is 19.0 Å². The first kappa shape index (κ1) is 24.4. The number of nitrogens with one attached hydrogen (secondary N) is 1. The number of rotatable bonds is 8. The van der Waals surface area contributed by atoms with Crippen molar-refractivity contribution in [3.63, 3.8) is 0 Å². The van der Waals surface area contributed by atoms with Crippen molar-refractivity contribution in [2.24, 2.45) is 14.1 Å². The summed E-state index contributed by atoms with van der Waals surface area (Å²) in [5, 5.41) is 2.40. The molecule has 0 bridgehead atoms. The third-order valence-corrected chi connectivity index (χ3v) is 5.40. The zero-order chi connectivity index (χ0) is 25.8. The standard InChI is InChI=1S/C24H22FN5O6/c1-28-21-20(22(32)29(2)24(28)34)30(14-26-21)11-12-35-23(33)15-7-3-6-10-18(15)36-13-19(31)27-17-9-5-4-8-16(17)25/h3-10,14H,11-13H2,1-2H3,(H,27,31). The molecule has 0 atom stereocenters. The van der Waals surface area contributed by atoms with Crippen LogP contribution in [0.1, 0.15) is 10.4 Å². The summed E-state index contributed by atoms with van der Waals surface area (Å²) >= 11 is 0. The van der Waals surface area contributed by atoms with Gasteiger partial charge >= 0.3 is 11.7 Å². The maximum Gasteiger partial charge on any atom is 0.341 e. The van der Waals surface area contributed by atoms with E-state index in [0.717, 1.165) is 4.57 Å². The van der Waals surface area contributed by atoms with Gasteiger partial charge in [0.1, 0.15) is 23.7 Å². The van der Waals surface area contributed by atoms with Crippen LogP contribution in [0, 0.1) is 5.82 Å². The Labute approximate surface area is 203 Å². The molecule has 4 aromatic rings. The number of aryl methyl sites for hydroxylation is 1. The van der Waals surface area contributed by atoms with Crippen LogP contribution in [-0.2, 0) is 30.2 Å². The molecule has 0 saturated heterocycles. The van der Waals surface area contributed by atoms with Crippen molar-refractivity contribution in [3.8, 4) is 5.75 Å². The Morgan fingerprint density at radius 2 is 1.75 bits per heavy atom. The maximum absolute atomic E-state index is 13.7. The molecule has 2 heterocycles. The Morgan fingerprint density at radius 3 is 2.53 bits per heavy atom. The second-order valence-electron chi connectivity index (χ2n) is 7.76. The minimum atomic E-state index is -0.704. The van der Waals surface area contributed by atoms with E-state index in [9.17, 15) is 23.6 Å². The number of para-hydroxylation sites is 2. The maximum atomic E-state index is 13.7. The van der Waals surface area contributed by atoms with E-state index in [4.69, 9.17) is 9.47 Å². The first-order chi connectivity index (χ1) is 17.3. The van der Waals surface area contributed by atoms with E-state index in [1.165, 1.54) is 59.9 Å². The molecule has 2 aromatic heterocycles. The van der Waals surface area contributed by atoms with Gasteiger partial charge < -0.3 is 19.4 Å². The number of esters is 1. The van der Waals surface area contributed by atoms with Gasteiger partial charge in [-0.3, -0.25) is 18.7 Å². The van der Waals surface area contributed by atoms with Gasteiger partial charge in [-0.05, 0) is 24.3 Å². The molecule has 2 aromatic carbocycles. The fraction of sp³-hybridized carbons (Fsp3) is 0.208. The van der Waals surface area contributed by atoms with E-state index in [0.29, 0.717) is 0 Å². The largest absolute Gasteiger partial charge is 0.483 e. The Bertz CT molecular complexity index is 1570. The zero-order valence-corrected chi connectivity index (χ0v) is 19.4. The molecule has 1 N–H and O–H groups in total. The molecule has 0 aliphatic heterocycles. The summed E-state index contributed by atoms with van der Waals surface area (Å²) in [4.78, 5) is 53.5. The number of hydrogen-bond acceptors (Lipinski definition) is 7. The van der Waals surface area contributed by atoms with Crippen molar-refractivity contribution < 1.29 is 23.5 Å². The van der Waals surface area contributed by atoms with E-state index in [2.05, 4.69) is 10.3 Å². The van der Waals surface area contributed by atoms with Crippen LogP contribution >= 0.6 is 0 Å². The molecule has 0 unspecified atom stereocenters. The third kappa shape index (κ3) is 4.87. The van der Waals surface area contributed by atoms with Crippen molar-refractivity contribution in [2.75, 3.05) is 18.5 Å². The lowest BCUT2D eigenvalue weighted by molar-refractivity contribution is -0.118. The monoisotopic (exact) mass is 495 g/mol. The normalized spacial score (nSPS) is 10.9. The number of carbonyl (C=O) groups is 2. The van der Waals surface area contributed by atoms with E-state index in [1.807, 2.05) is 0 Å². The fourth-order valence-corrected chi connectivity index (χ4v) is 3.53. The molecule has 36 heavy (non-hydrogen) atoms. The van der Waals surface area contributed by atoms with Crippen LogP contribution in [0.3, 0.4) is 0 Å². The number of fused-ring (bicyclic) bond motifs is 1. The van der Waals surface area contributed by atoms with Crippen LogP contribution in [0.2, 0.25) is 0 Å². The highest BCUT2D eigenvalue weighted by Gasteiger charge is 2.17. The summed E-state index contributed by atoms with van der Waals surface area (Å²) in [6, 6.07) is 11.9. The molecule has 11 nitrogen and oxygen atoms in total. The van der Waals surface area contributed by atoms with Gasteiger partial charge in [-0.1, -0.05) is 24.3 Å². The average molecular weight is 495 g/mol. The summed E-state index contributed by atoms with van der Waals surface area (Å²) in [5.74, 6) is -1.78. The molecule has 0 radical (unpaired) electrons. The van der Waals surface area contributed by atoms with Crippen LogP contribution in [0.15, 0.2) is 64.4 Å². The third-order valence-electron chi connectivity index (χ3n) is 5.40. The number of imidazole rings is 1. The Kier molecular flexibility index (Phi) is 6.95. The van der Waals surface area contributed by atoms with Gasteiger partial charge in [-0.15, -0.1) is 0 Å². The van der Waals surface area contributed by atoms with E-state index < -0.39 is 35.5 Å². The minimum Gasteiger partial charge on any atom is -0.483 e. The molecule has 0 spiro atoms. The van der Waals surface area contributed by atoms with Gasteiger partial charge in [0, 0.05) is 14.1 Å². The number of halogens is 1. The molecule has 4 rings (SSSR count). The summed E-state index contributed by atoms with van der Waals surface area (Å²) in [7, 11) is 2.88. The average Bonchev–Trinajstić information content (AvgIpc) is 3.30. The molecular formula is C24H22FN5O6. The Hall–Kier alpha value is -4.74. The van der Waals surface area contributed by atoms with Gasteiger partial charge in [0.25, 0.3) is 11.5 Å². The van der Waals surface area contributed by atoms with E-state index in [-0.39, 0.29) is 41.3 Å². The molecule has 0 aliphatic carbocycles. The minimum absolute atomic E-state index is 0.0146. The number of carbonyl (C=O) groups excluding carboxylic acids is 2. The molecule has 12 heteroatoms. The number of hydrogen-bond donors (Lipinski definition) is 1. The number of benzene rings is 2. The van der Waals surface area contributed by atoms with Crippen molar-refractivity contribution in [1.29, 1.82) is 0 Å². The Balaban J connectivity index is 1.39. The van der Waals surface area contributed by atoms with Crippen LogP contribution in [0.5, 0.6) is 5.75 Å². The second-order valence-corrected chi connectivity index (χ2v) is 7.76. The molecular weight excluding hydrogens is 473 g/mol. The quantitative estimate of drug-likeness (QED) is 0.367. The van der Waals surface area contributed by atoms with Crippen LogP contribution < -0.4 is 21.3 Å². The van der Waals surface area contributed by atoms with Crippen LogP contribution in [-0.4, -0.2) is 43.8 Å². The number of ether oxygens (including phenoxy) is 2. The van der Waals surface area contributed by atoms with Crippen molar-refractivity contribution in [3.05, 3.63) is 87.1 Å². The van der Waals surface area contributed by atoms with Gasteiger partial charge in [0.15, 0.2) is 17.8 Å². The first-order valence-corrected chi connectivity index (χ1v) is 10.8. The van der Waals surface area contributed by atoms with Crippen LogP contribution in [0.4, 0.5) is 10.1 Å². The molecule has 0 aliphatic rings. The predicted molar refractivity (Wildman–Crippen MR) is 127 cm³/mol. The molecule has 0 fully saturated rings. The molecule has 0 saturated carbocycles. The molecule has 1 amide bonds.